The number of hydrogen-bond donors (Lipinski definition) is 3. The molecule has 1 fully saturated rings. The van der Waals surface area contributed by atoms with E-state index in [9.17, 15) is 18.0 Å². The molecule has 1 rings (SSSR count). The predicted molar refractivity (Wildman–Crippen MR) is 57.9 cm³/mol. The van der Waals surface area contributed by atoms with Crippen molar-refractivity contribution in [2.45, 2.75) is 31.9 Å². The normalized spacial score (nSPS) is 25.8. The Morgan fingerprint density at radius 3 is 2.33 bits per heavy atom. The van der Waals surface area contributed by atoms with Crippen molar-refractivity contribution in [1.82, 2.24) is 5.32 Å². The van der Waals surface area contributed by atoms with Gasteiger partial charge in [0.2, 0.25) is 5.91 Å². The summed E-state index contributed by atoms with van der Waals surface area (Å²) in [5.41, 5.74) is 5.17. The van der Waals surface area contributed by atoms with Crippen LogP contribution in [0.5, 0.6) is 0 Å². The molecule has 0 heterocycles. The van der Waals surface area contributed by atoms with Crippen LogP contribution in [0.3, 0.4) is 0 Å². The lowest BCUT2D eigenvalue weighted by atomic mass is 9.81. The van der Waals surface area contributed by atoms with E-state index in [1.165, 1.54) is 0 Å². The summed E-state index contributed by atoms with van der Waals surface area (Å²) in [6.07, 6.45) is -3.79. The summed E-state index contributed by atoms with van der Waals surface area (Å²) in [6, 6.07) is 0. The fourth-order valence-corrected chi connectivity index (χ4v) is 2.04. The van der Waals surface area contributed by atoms with Crippen molar-refractivity contribution in [3.05, 3.63) is 0 Å². The second-order valence-electron chi connectivity index (χ2n) is 4.40. The number of oxime groups is 1. The van der Waals surface area contributed by atoms with Crippen molar-refractivity contribution >= 4 is 11.7 Å². The highest BCUT2D eigenvalue weighted by molar-refractivity contribution is 5.87. The zero-order chi connectivity index (χ0) is 13.8. The smallest absolute Gasteiger partial charge is 0.391 e. The molecule has 0 atom stereocenters. The van der Waals surface area contributed by atoms with Gasteiger partial charge >= 0.3 is 6.18 Å². The molecule has 8 heteroatoms. The van der Waals surface area contributed by atoms with Gasteiger partial charge in [0, 0.05) is 5.92 Å². The Balaban J connectivity index is 2.36. The SMILES string of the molecule is NC(CNC(=O)C1CCC(C(F)(F)F)CC1)=NO. The summed E-state index contributed by atoms with van der Waals surface area (Å²) >= 11 is 0. The quantitative estimate of drug-likeness (QED) is 0.311. The van der Waals surface area contributed by atoms with Gasteiger partial charge in [-0.1, -0.05) is 5.16 Å². The maximum Gasteiger partial charge on any atom is 0.391 e. The van der Waals surface area contributed by atoms with Gasteiger partial charge in [0.05, 0.1) is 12.5 Å². The van der Waals surface area contributed by atoms with Crippen molar-refractivity contribution < 1.29 is 23.2 Å². The molecule has 0 unspecified atom stereocenters. The van der Waals surface area contributed by atoms with Gasteiger partial charge in [0.1, 0.15) is 0 Å². The second-order valence-corrected chi connectivity index (χ2v) is 4.40. The van der Waals surface area contributed by atoms with Crippen molar-refractivity contribution in [3.63, 3.8) is 0 Å². The van der Waals surface area contributed by atoms with Crippen LogP contribution in [0.4, 0.5) is 13.2 Å². The lowest BCUT2D eigenvalue weighted by Crippen LogP contribution is -2.39. The van der Waals surface area contributed by atoms with Gasteiger partial charge in [-0.05, 0) is 25.7 Å². The van der Waals surface area contributed by atoms with Crippen LogP contribution >= 0.6 is 0 Å². The van der Waals surface area contributed by atoms with E-state index >= 15 is 0 Å². The van der Waals surface area contributed by atoms with E-state index in [0.717, 1.165) is 0 Å². The third-order valence-electron chi connectivity index (χ3n) is 3.13. The Bertz CT molecular complexity index is 323. The number of halogens is 3. The molecule has 0 aliphatic heterocycles. The molecule has 5 nitrogen and oxygen atoms in total. The van der Waals surface area contributed by atoms with Crippen LogP contribution in [0.15, 0.2) is 5.16 Å². The first-order valence-corrected chi connectivity index (χ1v) is 5.65. The number of carbonyl (C=O) groups is 1. The summed E-state index contributed by atoms with van der Waals surface area (Å²) < 4.78 is 37.2. The standard InChI is InChI=1S/C10H16F3N3O2/c11-10(12,13)7-3-1-6(2-4-7)9(17)15-5-8(14)16-18/h6-7,18H,1-5H2,(H2,14,16)(H,15,17). The zero-order valence-electron chi connectivity index (χ0n) is 9.70. The predicted octanol–water partition coefficient (Wildman–Crippen LogP) is 1.22. The van der Waals surface area contributed by atoms with Crippen LogP contribution in [0, 0.1) is 11.8 Å². The Morgan fingerprint density at radius 2 is 1.89 bits per heavy atom. The maximum atomic E-state index is 12.4. The van der Waals surface area contributed by atoms with Gasteiger partial charge in [-0.15, -0.1) is 0 Å². The fourth-order valence-electron chi connectivity index (χ4n) is 2.04. The molecule has 4 N–H and O–H groups in total. The molecular weight excluding hydrogens is 251 g/mol. The van der Waals surface area contributed by atoms with Gasteiger partial charge in [-0.3, -0.25) is 4.79 Å². The summed E-state index contributed by atoms with van der Waals surface area (Å²) in [5.74, 6) is -2.21. The largest absolute Gasteiger partial charge is 0.409 e. The van der Waals surface area contributed by atoms with E-state index in [-0.39, 0.29) is 44.0 Å². The maximum absolute atomic E-state index is 12.4. The van der Waals surface area contributed by atoms with E-state index < -0.39 is 18.0 Å². The first kappa shape index (κ1) is 14.6. The first-order chi connectivity index (χ1) is 8.34. The van der Waals surface area contributed by atoms with Crippen LogP contribution in [-0.4, -0.2) is 29.7 Å². The Kier molecular flexibility index (Phi) is 4.80. The molecule has 104 valence electrons. The third kappa shape index (κ3) is 4.08. The number of carbonyl (C=O) groups excluding carboxylic acids is 1. The minimum atomic E-state index is -4.17. The lowest BCUT2D eigenvalue weighted by Gasteiger charge is -2.29. The highest BCUT2D eigenvalue weighted by atomic mass is 19.4. The molecule has 18 heavy (non-hydrogen) atoms. The first-order valence-electron chi connectivity index (χ1n) is 5.65. The number of nitrogens with zero attached hydrogens (tertiary/aromatic N) is 1. The second kappa shape index (κ2) is 5.92. The molecule has 0 aromatic rings. The molecule has 1 aliphatic carbocycles. The number of hydrogen-bond acceptors (Lipinski definition) is 3. The Hall–Kier alpha value is -1.47. The molecule has 0 bridgehead atoms. The fraction of sp³-hybridized carbons (Fsp3) is 0.800. The van der Waals surface area contributed by atoms with E-state index in [1.54, 1.807) is 0 Å². The van der Waals surface area contributed by atoms with Crippen LogP contribution in [0.25, 0.3) is 0 Å². The number of rotatable bonds is 3. The summed E-state index contributed by atoms with van der Waals surface area (Å²) in [6.45, 7) is -0.103. The van der Waals surface area contributed by atoms with E-state index in [4.69, 9.17) is 10.9 Å². The zero-order valence-corrected chi connectivity index (χ0v) is 9.70. The van der Waals surface area contributed by atoms with Gasteiger partial charge in [-0.2, -0.15) is 13.2 Å². The summed E-state index contributed by atoms with van der Waals surface area (Å²) in [5, 5.41) is 13.4. The molecule has 0 spiro atoms. The molecule has 0 aromatic carbocycles. The van der Waals surface area contributed by atoms with Crippen LogP contribution in [-0.2, 0) is 4.79 Å². The number of nitrogens with one attached hydrogen (secondary N) is 1. The van der Waals surface area contributed by atoms with Crippen molar-refractivity contribution in [2.24, 2.45) is 22.7 Å². The third-order valence-corrected chi connectivity index (χ3v) is 3.13. The number of nitrogens with two attached hydrogens (primary N) is 1. The average Bonchev–Trinajstić information content (AvgIpc) is 2.34. The van der Waals surface area contributed by atoms with E-state index in [1.807, 2.05) is 0 Å². The molecular formula is C10H16F3N3O2. The Labute approximate surface area is 102 Å². The highest BCUT2D eigenvalue weighted by Gasteiger charge is 2.42. The topological polar surface area (TPSA) is 87.7 Å². The minimum absolute atomic E-state index is 0.0227. The number of amides is 1. The highest BCUT2D eigenvalue weighted by Crippen LogP contribution is 2.39. The monoisotopic (exact) mass is 267 g/mol. The molecule has 1 saturated carbocycles. The van der Waals surface area contributed by atoms with E-state index in [2.05, 4.69) is 10.5 Å². The molecule has 0 saturated heterocycles. The van der Waals surface area contributed by atoms with Crippen molar-refractivity contribution in [2.75, 3.05) is 6.54 Å². The Morgan fingerprint density at radius 1 is 1.33 bits per heavy atom. The summed E-state index contributed by atoms with van der Waals surface area (Å²) in [7, 11) is 0. The van der Waals surface area contributed by atoms with Gasteiger partial charge < -0.3 is 16.3 Å². The summed E-state index contributed by atoms with van der Waals surface area (Å²) in [4.78, 5) is 11.6. The van der Waals surface area contributed by atoms with E-state index in [0.29, 0.717) is 0 Å². The molecule has 0 aromatic heterocycles. The van der Waals surface area contributed by atoms with Crippen molar-refractivity contribution in [1.29, 1.82) is 0 Å². The molecule has 1 amide bonds. The van der Waals surface area contributed by atoms with Crippen molar-refractivity contribution in [3.8, 4) is 0 Å². The number of amidine groups is 1. The van der Waals surface area contributed by atoms with Crippen LogP contribution in [0.1, 0.15) is 25.7 Å². The van der Waals surface area contributed by atoms with Gasteiger partial charge in [-0.25, -0.2) is 0 Å². The molecule has 1 aliphatic rings. The van der Waals surface area contributed by atoms with Gasteiger partial charge in [0.15, 0.2) is 5.84 Å². The van der Waals surface area contributed by atoms with Gasteiger partial charge in [0.25, 0.3) is 0 Å². The molecule has 0 radical (unpaired) electrons. The van der Waals surface area contributed by atoms with Crippen LogP contribution < -0.4 is 11.1 Å². The minimum Gasteiger partial charge on any atom is -0.409 e. The average molecular weight is 267 g/mol. The van der Waals surface area contributed by atoms with Crippen LogP contribution in [0.2, 0.25) is 0 Å². The number of alkyl halides is 3. The lowest BCUT2D eigenvalue weighted by molar-refractivity contribution is -0.184.